The van der Waals surface area contributed by atoms with Gasteiger partial charge in [0.15, 0.2) is 0 Å². The van der Waals surface area contributed by atoms with E-state index in [1.54, 1.807) is 0 Å². The van der Waals surface area contributed by atoms with Gasteiger partial charge in [-0.2, -0.15) is 0 Å². The second-order valence-corrected chi connectivity index (χ2v) is 2.14. The van der Waals surface area contributed by atoms with Crippen molar-refractivity contribution >= 4 is 12.4 Å². The lowest BCUT2D eigenvalue weighted by atomic mass is 10.2. The molecule has 0 spiro atoms. The van der Waals surface area contributed by atoms with E-state index in [0.29, 0.717) is 12.1 Å². The van der Waals surface area contributed by atoms with Gasteiger partial charge in [-0.25, -0.2) is 0 Å². The summed E-state index contributed by atoms with van der Waals surface area (Å²) in [6, 6.07) is 0.370. The van der Waals surface area contributed by atoms with Gasteiger partial charge in [-0.15, -0.1) is 12.4 Å². The zero-order valence-electron chi connectivity index (χ0n) is 5.46. The lowest BCUT2D eigenvalue weighted by Crippen LogP contribution is -2.39. The smallest absolute Gasteiger partial charge is 0.0714 e. The third kappa shape index (κ3) is 2.10. The lowest BCUT2D eigenvalue weighted by Gasteiger charge is -2.10. The summed E-state index contributed by atoms with van der Waals surface area (Å²) in [6.45, 7) is 2.87. The summed E-state index contributed by atoms with van der Waals surface area (Å²) >= 11 is 0. The number of nitrogens with one attached hydrogen (secondary N) is 1. The Bertz CT molecular complexity index is 81.4. The number of hydrogen-bond acceptors (Lipinski definition) is 3. The largest absolute Gasteiger partial charge is 0.377 e. The molecule has 4 heteroatoms. The van der Waals surface area contributed by atoms with Crippen LogP contribution in [0.3, 0.4) is 0 Å². The molecule has 0 aromatic heterocycles. The standard InChI is InChI=1S/C5H12N2O.ClH/c1-4-5(7-6)2-3-8-4;/h4-5,7H,2-3,6H2,1H3;1H/t4-,5-;/m0./s1. The van der Waals surface area contributed by atoms with Crippen molar-refractivity contribution in [3.8, 4) is 0 Å². The fourth-order valence-electron chi connectivity index (χ4n) is 0.951. The third-order valence-electron chi connectivity index (χ3n) is 1.59. The second-order valence-electron chi connectivity index (χ2n) is 2.14. The first-order valence-electron chi connectivity index (χ1n) is 2.92. The van der Waals surface area contributed by atoms with Crippen molar-refractivity contribution in [2.75, 3.05) is 6.61 Å². The number of ether oxygens (including phenoxy) is 1. The minimum Gasteiger partial charge on any atom is -0.377 e. The lowest BCUT2D eigenvalue weighted by molar-refractivity contribution is 0.113. The molecule has 3 nitrogen and oxygen atoms in total. The maximum absolute atomic E-state index is 5.21. The van der Waals surface area contributed by atoms with Gasteiger partial charge >= 0.3 is 0 Å². The SMILES string of the molecule is C[C@@H]1OCC[C@@H]1NN.Cl. The van der Waals surface area contributed by atoms with Crippen LogP contribution in [0, 0.1) is 0 Å². The van der Waals surface area contributed by atoms with Crippen molar-refractivity contribution in [3.63, 3.8) is 0 Å². The molecule has 56 valence electrons. The molecule has 0 aromatic rings. The molecule has 0 amide bonds. The van der Waals surface area contributed by atoms with Gasteiger partial charge in [0.1, 0.15) is 0 Å². The van der Waals surface area contributed by atoms with Crippen LogP contribution in [-0.4, -0.2) is 18.8 Å². The summed E-state index contributed by atoms with van der Waals surface area (Å²) in [5.41, 5.74) is 2.69. The number of rotatable bonds is 1. The van der Waals surface area contributed by atoms with Crippen LogP contribution in [0.2, 0.25) is 0 Å². The Morgan fingerprint density at radius 2 is 2.33 bits per heavy atom. The van der Waals surface area contributed by atoms with Crippen LogP contribution < -0.4 is 11.3 Å². The van der Waals surface area contributed by atoms with Crippen LogP contribution in [0.25, 0.3) is 0 Å². The maximum atomic E-state index is 5.21. The molecule has 0 aliphatic carbocycles. The van der Waals surface area contributed by atoms with E-state index in [-0.39, 0.29) is 12.4 Å². The maximum Gasteiger partial charge on any atom is 0.0714 e. The molecular formula is C5H13ClN2O. The molecule has 0 aromatic carbocycles. The first-order chi connectivity index (χ1) is 3.84. The van der Waals surface area contributed by atoms with Crippen molar-refractivity contribution < 1.29 is 4.74 Å². The van der Waals surface area contributed by atoms with Crippen molar-refractivity contribution in [2.45, 2.75) is 25.5 Å². The molecule has 0 radical (unpaired) electrons. The van der Waals surface area contributed by atoms with Crippen LogP contribution in [0.15, 0.2) is 0 Å². The highest BCUT2D eigenvalue weighted by atomic mass is 35.5. The number of hydrogen-bond donors (Lipinski definition) is 2. The molecule has 0 unspecified atom stereocenters. The Balaban J connectivity index is 0.000000640. The van der Waals surface area contributed by atoms with Crippen LogP contribution in [0.1, 0.15) is 13.3 Å². The minimum absolute atomic E-state index is 0. The molecule has 3 N–H and O–H groups in total. The molecule has 9 heavy (non-hydrogen) atoms. The molecule has 1 saturated heterocycles. The van der Waals surface area contributed by atoms with Gasteiger partial charge in [0.05, 0.1) is 6.10 Å². The third-order valence-corrected chi connectivity index (χ3v) is 1.59. The Labute approximate surface area is 61.3 Å². The molecule has 1 fully saturated rings. The van der Waals surface area contributed by atoms with Crippen LogP contribution in [0.5, 0.6) is 0 Å². The van der Waals surface area contributed by atoms with E-state index in [0.717, 1.165) is 13.0 Å². The first-order valence-corrected chi connectivity index (χ1v) is 2.92. The Morgan fingerprint density at radius 1 is 1.67 bits per heavy atom. The zero-order valence-corrected chi connectivity index (χ0v) is 6.28. The highest BCUT2D eigenvalue weighted by Gasteiger charge is 2.21. The molecule has 2 atom stereocenters. The minimum atomic E-state index is 0. The van der Waals surface area contributed by atoms with E-state index < -0.39 is 0 Å². The number of nitrogens with two attached hydrogens (primary N) is 1. The van der Waals surface area contributed by atoms with E-state index in [9.17, 15) is 0 Å². The molecule has 1 aliphatic heterocycles. The van der Waals surface area contributed by atoms with Gasteiger partial charge < -0.3 is 4.74 Å². The van der Waals surface area contributed by atoms with E-state index >= 15 is 0 Å². The highest BCUT2D eigenvalue weighted by molar-refractivity contribution is 5.85. The zero-order chi connectivity index (χ0) is 5.98. The van der Waals surface area contributed by atoms with Crippen molar-refractivity contribution in [2.24, 2.45) is 5.84 Å². The fourth-order valence-corrected chi connectivity index (χ4v) is 0.951. The fraction of sp³-hybridized carbons (Fsp3) is 1.00. The molecule has 1 heterocycles. The predicted octanol–water partition coefficient (Wildman–Crippen LogP) is 0.0489. The van der Waals surface area contributed by atoms with Gasteiger partial charge in [-0.05, 0) is 13.3 Å². The Morgan fingerprint density at radius 3 is 2.56 bits per heavy atom. The topological polar surface area (TPSA) is 47.3 Å². The Hall–Kier alpha value is 0.170. The highest BCUT2D eigenvalue weighted by Crippen LogP contribution is 2.10. The predicted molar refractivity (Wildman–Crippen MR) is 38.4 cm³/mol. The normalized spacial score (nSPS) is 34.0. The van der Waals surface area contributed by atoms with Crippen molar-refractivity contribution in [3.05, 3.63) is 0 Å². The van der Waals surface area contributed by atoms with Crippen LogP contribution >= 0.6 is 12.4 Å². The van der Waals surface area contributed by atoms with Crippen LogP contribution in [0.4, 0.5) is 0 Å². The van der Waals surface area contributed by atoms with Gasteiger partial charge in [0.2, 0.25) is 0 Å². The molecule has 0 saturated carbocycles. The quantitative estimate of drug-likeness (QED) is 0.412. The van der Waals surface area contributed by atoms with Crippen molar-refractivity contribution in [1.29, 1.82) is 0 Å². The average Bonchev–Trinajstić information content (AvgIpc) is 2.14. The summed E-state index contributed by atoms with van der Waals surface area (Å²) in [5, 5.41) is 0. The molecule has 1 aliphatic rings. The summed E-state index contributed by atoms with van der Waals surface area (Å²) in [5.74, 6) is 5.19. The molecular weight excluding hydrogens is 140 g/mol. The van der Waals surface area contributed by atoms with Crippen molar-refractivity contribution in [1.82, 2.24) is 5.43 Å². The molecule has 1 rings (SSSR count). The Kier molecular flexibility index (Phi) is 4.14. The van der Waals surface area contributed by atoms with E-state index in [2.05, 4.69) is 5.43 Å². The molecule has 0 bridgehead atoms. The summed E-state index contributed by atoms with van der Waals surface area (Å²) < 4.78 is 5.21. The van der Waals surface area contributed by atoms with Gasteiger partial charge in [0, 0.05) is 12.6 Å². The van der Waals surface area contributed by atoms with E-state index in [4.69, 9.17) is 10.6 Å². The van der Waals surface area contributed by atoms with E-state index in [1.165, 1.54) is 0 Å². The van der Waals surface area contributed by atoms with Gasteiger partial charge in [-0.1, -0.05) is 0 Å². The number of halogens is 1. The van der Waals surface area contributed by atoms with E-state index in [1.807, 2.05) is 6.92 Å². The number of hydrazine groups is 1. The monoisotopic (exact) mass is 152 g/mol. The summed E-state index contributed by atoms with van der Waals surface area (Å²) in [6.07, 6.45) is 1.33. The first kappa shape index (κ1) is 9.17. The summed E-state index contributed by atoms with van der Waals surface area (Å²) in [4.78, 5) is 0. The second kappa shape index (κ2) is 4.06. The van der Waals surface area contributed by atoms with Gasteiger partial charge in [-0.3, -0.25) is 11.3 Å². The summed E-state index contributed by atoms with van der Waals surface area (Å²) in [7, 11) is 0. The average molecular weight is 153 g/mol. The van der Waals surface area contributed by atoms with Gasteiger partial charge in [0.25, 0.3) is 0 Å². The van der Waals surface area contributed by atoms with Crippen LogP contribution in [-0.2, 0) is 4.74 Å².